The van der Waals surface area contributed by atoms with Crippen molar-refractivity contribution in [3.63, 3.8) is 0 Å². The molecule has 18 heavy (non-hydrogen) atoms. The molecule has 0 aliphatic carbocycles. The lowest BCUT2D eigenvalue weighted by atomic mass is 9.89. The molecule has 1 aromatic carbocycles. The highest BCUT2D eigenvalue weighted by molar-refractivity contribution is 9.10. The van der Waals surface area contributed by atoms with Gasteiger partial charge in [-0.15, -0.1) is 0 Å². The Kier molecular flexibility index (Phi) is 3.92. The van der Waals surface area contributed by atoms with E-state index in [0.717, 1.165) is 23.1 Å². The summed E-state index contributed by atoms with van der Waals surface area (Å²) in [5.41, 5.74) is -0.0631. The van der Waals surface area contributed by atoms with Crippen LogP contribution < -0.4 is 5.32 Å². The van der Waals surface area contributed by atoms with Gasteiger partial charge in [0.15, 0.2) is 0 Å². The highest BCUT2D eigenvalue weighted by Gasteiger charge is 2.41. The number of aliphatic carboxylic acids is 1. The molecule has 1 atom stereocenters. The van der Waals surface area contributed by atoms with Gasteiger partial charge in [-0.2, -0.15) is 0 Å². The molecule has 2 N–H and O–H groups in total. The van der Waals surface area contributed by atoms with Crippen LogP contribution in [0.15, 0.2) is 28.7 Å². The van der Waals surface area contributed by atoms with Gasteiger partial charge < -0.3 is 15.3 Å². The van der Waals surface area contributed by atoms with Crippen LogP contribution in [0.3, 0.4) is 0 Å². The molecule has 0 saturated carbocycles. The molecule has 1 aliphatic heterocycles. The summed E-state index contributed by atoms with van der Waals surface area (Å²) < 4.78 is 0.888. The lowest BCUT2D eigenvalue weighted by Crippen LogP contribution is -2.57. The number of rotatable bonds is 3. The van der Waals surface area contributed by atoms with Gasteiger partial charge in [0.2, 0.25) is 0 Å². The topological polar surface area (TPSA) is 52.6 Å². The summed E-state index contributed by atoms with van der Waals surface area (Å²) in [5.74, 6) is -0.787. The first-order chi connectivity index (χ1) is 8.53. The van der Waals surface area contributed by atoms with Gasteiger partial charge in [-0.3, -0.25) is 0 Å². The third-order valence-electron chi connectivity index (χ3n) is 3.34. The molecule has 1 heterocycles. The fourth-order valence-electron chi connectivity index (χ4n) is 2.42. The third-order valence-corrected chi connectivity index (χ3v) is 4.03. The minimum atomic E-state index is -0.892. The number of hydrogen-bond donors (Lipinski definition) is 2. The maximum absolute atomic E-state index is 11.6. The number of carbonyl (C=O) groups is 1. The van der Waals surface area contributed by atoms with Gasteiger partial charge in [-0.1, -0.05) is 12.1 Å². The molecule has 5 heteroatoms. The first kappa shape index (κ1) is 13.4. The van der Waals surface area contributed by atoms with E-state index in [9.17, 15) is 9.90 Å². The molecule has 0 aromatic heterocycles. The van der Waals surface area contributed by atoms with Gasteiger partial charge in [-0.05, 0) is 54.5 Å². The second-order valence-corrected chi connectivity index (χ2v) is 5.69. The van der Waals surface area contributed by atoms with Crippen LogP contribution in [0.25, 0.3) is 0 Å². The summed E-state index contributed by atoms with van der Waals surface area (Å²) in [6.45, 7) is 1.47. The number of anilines is 1. The van der Waals surface area contributed by atoms with Gasteiger partial charge in [0.25, 0.3) is 0 Å². The van der Waals surface area contributed by atoms with Crippen LogP contribution in [-0.2, 0) is 4.79 Å². The predicted octanol–water partition coefficient (Wildman–Crippen LogP) is 2.41. The monoisotopic (exact) mass is 312 g/mol. The lowest BCUT2D eigenvalue weighted by molar-refractivity contribution is -0.144. The Morgan fingerprint density at radius 2 is 2.22 bits per heavy atom. The van der Waals surface area contributed by atoms with E-state index in [1.807, 2.05) is 31.3 Å². The van der Waals surface area contributed by atoms with Crippen molar-refractivity contribution in [3.8, 4) is 0 Å². The van der Waals surface area contributed by atoms with Gasteiger partial charge in [0.1, 0.15) is 5.54 Å². The first-order valence-electron chi connectivity index (χ1n) is 5.98. The minimum Gasteiger partial charge on any atom is -0.479 e. The van der Waals surface area contributed by atoms with Crippen molar-refractivity contribution >= 4 is 27.6 Å². The molecule has 1 saturated heterocycles. The van der Waals surface area contributed by atoms with Crippen molar-refractivity contribution in [2.45, 2.75) is 18.4 Å². The zero-order chi connectivity index (χ0) is 13.2. The third kappa shape index (κ3) is 2.67. The highest BCUT2D eigenvalue weighted by Crippen LogP contribution is 2.29. The summed E-state index contributed by atoms with van der Waals surface area (Å²) in [4.78, 5) is 13.7. The molecule has 0 radical (unpaired) electrons. The number of nitrogens with zero attached hydrogens (tertiary/aromatic N) is 1. The molecular weight excluding hydrogens is 296 g/mol. The number of hydrogen-bond acceptors (Lipinski definition) is 3. The van der Waals surface area contributed by atoms with Crippen molar-refractivity contribution < 1.29 is 9.90 Å². The normalized spacial score (nSPS) is 24.8. The fourth-order valence-corrected chi connectivity index (χ4v) is 2.80. The Morgan fingerprint density at radius 1 is 1.50 bits per heavy atom. The molecule has 2 rings (SSSR count). The number of piperidine rings is 1. The molecule has 0 amide bonds. The maximum atomic E-state index is 11.6. The van der Waals surface area contributed by atoms with Crippen molar-refractivity contribution in [2.24, 2.45) is 0 Å². The highest BCUT2D eigenvalue weighted by atomic mass is 79.9. The number of nitrogens with one attached hydrogen (secondary N) is 1. The number of carboxylic acids is 1. The summed E-state index contributed by atoms with van der Waals surface area (Å²) >= 11 is 3.44. The standard InChI is InChI=1S/C13H17BrN2O2/c1-16-8-4-7-13(9-16,12(17)18)15-11-6-3-2-5-10(11)14/h2-3,5-6,15H,4,7-9H2,1H3,(H,17,18). The predicted molar refractivity (Wildman–Crippen MR) is 74.9 cm³/mol. The number of halogens is 1. The van der Waals surface area contributed by atoms with E-state index in [-0.39, 0.29) is 0 Å². The quantitative estimate of drug-likeness (QED) is 0.900. The Labute approximate surface area is 115 Å². The average Bonchev–Trinajstić information content (AvgIpc) is 2.32. The van der Waals surface area contributed by atoms with E-state index >= 15 is 0 Å². The Balaban J connectivity index is 2.26. The van der Waals surface area contributed by atoms with Crippen LogP contribution in [-0.4, -0.2) is 41.7 Å². The SMILES string of the molecule is CN1CCCC(Nc2ccccc2Br)(C(=O)O)C1. The maximum Gasteiger partial charge on any atom is 0.330 e. The van der Waals surface area contributed by atoms with E-state index in [0.29, 0.717) is 13.0 Å². The number of para-hydroxylation sites is 1. The first-order valence-corrected chi connectivity index (χ1v) is 6.77. The van der Waals surface area contributed by atoms with Gasteiger partial charge >= 0.3 is 5.97 Å². The largest absolute Gasteiger partial charge is 0.479 e. The summed E-state index contributed by atoms with van der Waals surface area (Å²) in [6, 6.07) is 7.61. The zero-order valence-electron chi connectivity index (χ0n) is 10.3. The summed E-state index contributed by atoms with van der Waals surface area (Å²) in [7, 11) is 1.96. The van der Waals surface area contributed by atoms with Crippen LogP contribution in [0.1, 0.15) is 12.8 Å². The number of benzene rings is 1. The van der Waals surface area contributed by atoms with Crippen LogP contribution in [0.4, 0.5) is 5.69 Å². The second-order valence-electron chi connectivity index (χ2n) is 4.83. The smallest absolute Gasteiger partial charge is 0.330 e. The molecule has 0 bridgehead atoms. The molecule has 4 nitrogen and oxygen atoms in total. The van der Waals surface area contributed by atoms with Crippen LogP contribution in [0, 0.1) is 0 Å². The zero-order valence-corrected chi connectivity index (χ0v) is 11.9. The van der Waals surface area contributed by atoms with Crippen molar-refractivity contribution in [2.75, 3.05) is 25.5 Å². The summed E-state index contributed by atoms with van der Waals surface area (Å²) in [6.07, 6.45) is 1.54. The van der Waals surface area contributed by atoms with Gasteiger partial charge in [0, 0.05) is 16.7 Å². The molecule has 98 valence electrons. The van der Waals surface area contributed by atoms with Gasteiger partial charge in [-0.25, -0.2) is 4.79 Å². The molecule has 0 spiro atoms. The van der Waals surface area contributed by atoms with Crippen molar-refractivity contribution in [1.82, 2.24) is 4.90 Å². The Hall–Kier alpha value is -1.07. The van der Waals surface area contributed by atoms with E-state index in [1.54, 1.807) is 0 Å². The van der Waals surface area contributed by atoms with Gasteiger partial charge in [0.05, 0.1) is 0 Å². The average molecular weight is 313 g/mol. The Bertz CT molecular complexity index is 452. The molecule has 1 aliphatic rings. The molecular formula is C13H17BrN2O2. The second kappa shape index (κ2) is 5.28. The lowest BCUT2D eigenvalue weighted by Gasteiger charge is -2.39. The van der Waals surface area contributed by atoms with Crippen LogP contribution >= 0.6 is 15.9 Å². The van der Waals surface area contributed by atoms with E-state index in [4.69, 9.17) is 0 Å². The molecule has 1 fully saturated rings. The summed E-state index contributed by atoms with van der Waals surface area (Å²) in [5, 5.41) is 12.8. The van der Waals surface area contributed by atoms with Crippen LogP contribution in [0.5, 0.6) is 0 Å². The van der Waals surface area contributed by atoms with Crippen molar-refractivity contribution in [1.29, 1.82) is 0 Å². The van der Waals surface area contributed by atoms with Crippen LogP contribution in [0.2, 0.25) is 0 Å². The van der Waals surface area contributed by atoms with E-state index in [2.05, 4.69) is 26.1 Å². The van der Waals surface area contributed by atoms with E-state index < -0.39 is 11.5 Å². The Morgan fingerprint density at radius 3 is 2.83 bits per heavy atom. The number of likely N-dealkylation sites (N-methyl/N-ethyl adjacent to an activating group) is 1. The fraction of sp³-hybridized carbons (Fsp3) is 0.462. The number of likely N-dealkylation sites (tertiary alicyclic amines) is 1. The minimum absolute atomic E-state index is 0.518. The molecule has 1 aromatic rings. The van der Waals surface area contributed by atoms with Crippen molar-refractivity contribution in [3.05, 3.63) is 28.7 Å². The number of carboxylic acid groups (broad SMARTS) is 1. The van der Waals surface area contributed by atoms with E-state index in [1.165, 1.54) is 0 Å². The molecule has 1 unspecified atom stereocenters.